The van der Waals surface area contributed by atoms with E-state index in [0.29, 0.717) is 0 Å². The SMILES string of the molecule is CCCNC(c1cc(C)ccn1)c1sccc1Br. The number of halogens is 1. The molecule has 0 bridgehead atoms. The highest BCUT2D eigenvalue weighted by atomic mass is 79.9. The van der Waals surface area contributed by atoms with Crippen LogP contribution in [0.15, 0.2) is 34.2 Å². The zero-order valence-corrected chi connectivity index (χ0v) is 13.0. The standard InChI is InChI=1S/C14H17BrN2S/c1-3-6-17-13(14-11(15)5-8-18-14)12-9-10(2)4-7-16-12/h4-5,7-9,13,17H,3,6H2,1-2H3. The van der Waals surface area contributed by atoms with Gasteiger partial charge in [-0.2, -0.15) is 0 Å². The van der Waals surface area contributed by atoms with E-state index in [4.69, 9.17) is 0 Å². The molecule has 18 heavy (non-hydrogen) atoms. The fourth-order valence-electron chi connectivity index (χ4n) is 1.85. The van der Waals surface area contributed by atoms with Crippen molar-refractivity contribution >= 4 is 27.3 Å². The van der Waals surface area contributed by atoms with Gasteiger partial charge in [-0.1, -0.05) is 6.92 Å². The maximum absolute atomic E-state index is 4.51. The predicted octanol–water partition coefficient (Wildman–Crippen LogP) is 4.30. The van der Waals surface area contributed by atoms with E-state index in [1.807, 2.05) is 12.3 Å². The summed E-state index contributed by atoms with van der Waals surface area (Å²) >= 11 is 5.38. The molecule has 2 heterocycles. The summed E-state index contributed by atoms with van der Waals surface area (Å²) in [6.45, 7) is 5.27. The zero-order chi connectivity index (χ0) is 13.0. The van der Waals surface area contributed by atoms with Crippen LogP contribution in [0.2, 0.25) is 0 Å². The summed E-state index contributed by atoms with van der Waals surface area (Å²) in [5.74, 6) is 0. The van der Waals surface area contributed by atoms with Gasteiger partial charge in [0.15, 0.2) is 0 Å². The van der Waals surface area contributed by atoms with Crippen LogP contribution in [-0.2, 0) is 0 Å². The lowest BCUT2D eigenvalue weighted by atomic mass is 10.1. The lowest BCUT2D eigenvalue weighted by molar-refractivity contribution is 0.592. The second kappa shape index (κ2) is 6.45. The Kier molecular flexibility index (Phi) is 4.92. The molecule has 1 N–H and O–H groups in total. The van der Waals surface area contributed by atoms with E-state index >= 15 is 0 Å². The van der Waals surface area contributed by atoms with E-state index in [9.17, 15) is 0 Å². The van der Waals surface area contributed by atoms with Crippen LogP contribution in [-0.4, -0.2) is 11.5 Å². The topological polar surface area (TPSA) is 24.9 Å². The van der Waals surface area contributed by atoms with Crippen molar-refractivity contribution in [3.8, 4) is 0 Å². The largest absolute Gasteiger partial charge is 0.304 e. The number of hydrogen-bond donors (Lipinski definition) is 1. The number of pyridine rings is 1. The van der Waals surface area contributed by atoms with Gasteiger partial charge in [-0.05, 0) is 65.0 Å². The first kappa shape index (κ1) is 13.7. The van der Waals surface area contributed by atoms with Crippen molar-refractivity contribution < 1.29 is 0 Å². The molecule has 2 nitrogen and oxygen atoms in total. The Balaban J connectivity index is 2.33. The molecule has 0 aliphatic carbocycles. The summed E-state index contributed by atoms with van der Waals surface area (Å²) in [5, 5.41) is 5.68. The number of rotatable bonds is 5. The van der Waals surface area contributed by atoms with E-state index < -0.39 is 0 Å². The molecule has 0 aromatic carbocycles. The molecule has 2 rings (SSSR count). The predicted molar refractivity (Wildman–Crippen MR) is 81.1 cm³/mol. The Labute approximate surface area is 121 Å². The summed E-state index contributed by atoms with van der Waals surface area (Å²) in [5.41, 5.74) is 2.34. The fourth-order valence-corrected chi connectivity index (χ4v) is 3.54. The van der Waals surface area contributed by atoms with Crippen LogP contribution in [0, 0.1) is 6.92 Å². The van der Waals surface area contributed by atoms with Crippen LogP contribution in [0.4, 0.5) is 0 Å². The third kappa shape index (κ3) is 3.19. The van der Waals surface area contributed by atoms with Gasteiger partial charge in [-0.25, -0.2) is 0 Å². The fraction of sp³-hybridized carbons (Fsp3) is 0.357. The van der Waals surface area contributed by atoms with Gasteiger partial charge >= 0.3 is 0 Å². The quantitative estimate of drug-likeness (QED) is 0.886. The van der Waals surface area contributed by atoms with E-state index in [0.717, 1.165) is 23.1 Å². The first-order chi connectivity index (χ1) is 8.72. The summed E-state index contributed by atoms with van der Waals surface area (Å²) in [4.78, 5) is 5.81. The highest BCUT2D eigenvalue weighted by Gasteiger charge is 2.18. The normalized spacial score (nSPS) is 12.6. The summed E-state index contributed by atoms with van der Waals surface area (Å²) in [7, 11) is 0. The Morgan fingerprint density at radius 2 is 2.28 bits per heavy atom. The van der Waals surface area contributed by atoms with Gasteiger partial charge in [0.2, 0.25) is 0 Å². The van der Waals surface area contributed by atoms with Gasteiger partial charge in [0, 0.05) is 15.5 Å². The van der Waals surface area contributed by atoms with Crippen molar-refractivity contribution in [2.24, 2.45) is 0 Å². The van der Waals surface area contributed by atoms with Gasteiger partial charge in [-0.15, -0.1) is 11.3 Å². The average Bonchev–Trinajstić information content (AvgIpc) is 2.77. The molecule has 2 aromatic rings. The molecule has 0 radical (unpaired) electrons. The van der Waals surface area contributed by atoms with Crippen LogP contribution in [0.1, 0.15) is 35.5 Å². The minimum absolute atomic E-state index is 0.180. The van der Waals surface area contributed by atoms with Gasteiger partial charge in [0.25, 0.3) is 0 Å². The molecule has 1 atom stereocenters. The molecule has 0 spiro atoms. The molecule has 4 heteroatoms. The number of aromatic nitrogens is 1. The first-order valence-electron chi connectivity index (χ1n) is 6.11. The number of nitrogens with zero attached hydrogens (tertiary/aromatic N) is 1. The number of thiophene rings is 1. The van der Waals surface area contributed by atoms with Crippen molar-refractivity contribution in [2.75, 3.05) is 6.54 Å². The van der Waals surface area contributed by atoms with Crippen LogP contribution >= 0.6 is 27.3 Å². The highest BCUT2D eigenvalue weighted by Crippen LogP contribution is 2.32. The maximum Gasteiger partial charge on any atom is 0.0856 e. The Morgan fingerprint density at radius 1 is 1.44 bits per heavy atom. The average molecular weight is 325 g/mol. The molecule has 2 aromatic heterocycles. The summed E-state index contributed by atoms with van der Waals surface area (Å²) < 4.78 is 1.16. The van der Waals surface area contributed by atoms with Crippen molar-refractivity contribution in [3.05, 3.63) is 50.4 Å². The van der Waals surface area contributed by atoms with E-state index in [-0.39, 0.29) is 6.04 Å². The minimum atomic E-state index is 0.180. The molecule has 0 saturated heterocycles. The Bertz CT molecular complexity index is 510. The van der Waals surface area contributed by atoms with Crippen LogP contribution < -0.4 is 5.32 Å². The zero-order valence-electron chi connectivity index (χ0n) is 10.6. The highest BCUT2D eigenvalue weighted by molar-refractivity contribution is 9.10. The molecule has 1 unspecified atom stereocenters. The van der Waals surface area contributed by atoms with Gasteiger partial charge < -0.3 is 5.32 Å². The van der Waals surface area contributed by atoms with Crippen LogP contribution in [0.25, 0.3) is 0 Å². The molecular formula is C14H17BrN2S. The van der Waals surface area contributed by atoms with Gasteiger partial charge in [0.05, 0.1) is 11.7 Å². The van der Waals surface area contributed by atoms with E-state index in [1.54, 1.807) is 11.3 Å². The molecule has 0 amide bonds. The smallest absolute Gasteiger partial charge is 0.0856 e. The minimum Gasteiger partial charge on any atom is -0.304 e. The van der Waals surface area contributed by atoms with Crippen molar-refractivity contribution in [2.45, 2.75) is 26.3 Å². The van der Waals surface area contributed by atoms with Crippen molar-refractivity contribution in [1.29, 1.82) is 0 Å². The molecular weight excluding hydrogens is 308 g/mol. The number of nitrogens with one attached hydrogen (secondary N) is 1. The summed E-state index contributed by atoms with van der Waals surface area (Å²) in [6.07, 6.45) is 3.00. The molecule has 0 aliphatic heterocycles. The Hall–Kier alpha value is -0.710. The Morgan fingerprint density at radius 3 is 2.89 bits per heavy atom. The van der Waals surface area contributed by atoms with Gasteiger partial charge in [0.1, 0.15) is 0 Å². The van der Waals surface area contributed by atoms with Crippen LogP contribution in [0.3, 0.4) is 0 Å². The first-order valence-corrected chi connectivity index (χ1v) is 7.78. The lowest BCUT2D eigenvalue weighted by Gasteiger charge is -2.17. The second-order valence-corrected chi connectivity index (χ2v) is 6.08. The number of hydrogen-bond acceptors (Lipinski definition) is 3. The van der Waals surface area contributed by atoms with E-state index in [1.165, 1.54) is 10.4 Å². The molecule has 0 fully saturated rings. The van der Waals surface area contributed by atoms with E-state index in [2.05, 4.69) is 57.6 Å². The van der Waals surface area contributed by atoms with Gasteiger partial charge in [-0.3, -0.25) is 4.98 Å². The molecule has 0 saturated carbocycles. The molecule has 96 valence electrons. The van der Waals surface area contributed by atoms with Crippen molar-refractivity contribution in [1.82, 2.24) is 10.3 Å². The third-order valence-corrected chi connectivity index (χ3v) is 4.67. The molecule has 0 aliphatic rings. The van der Waals surface area contributed by atoms with Crippen molar-refractivity contribution in [3.63, 3.8) is 0 Å². The third-order valence-electron chi connectivity index (χ3n) is 2.74. The number of aryl methyl sites for hydroxylation is 1. The lowest BCUT2D eigenvalue weighted by Crippen LogP contribution is -2.23. The monoisotopic (exact) mass is 324 g/mol. The second-order valence-electron chi connectivity index (χ2n) is 4.28. The van der Waals surface area contributed by atoms with Crippen LogP contribution in [0.5, 0.6) is 0 Å². The summed E-state index contributed by atoms with van der Waals surface area (Å²) in [6, 6.07) is 6.46. The maximum atomic E-state index is 4.51.